The quantitative estimate of drug-likeness (QED) is 0.862. The standard InChI is InChI=1S/C18H22N4O2/c1-21(2)17-6-5-14(12-20-17)18(23)22-10-7-15(8-11-22)24-16-4-3-9-19-13-16/h3-6,9,12-13,15H,7-8,10-11H2,1-2H3. The molecule has 0 radical (unpaired) electrons. The topological polar surface area (TPSA) is 58.6 Å². The highest BCUT2D eigenvalue weighted by Crippen LogP contribution is 2.19. The Balaban J connectivity index is 1.55. The van der Waals surface area contributed by atoms with Crippen LogP contribution in [-0.4, -0.2) is 54.1 Å². The third kappa shape index (κ3) is 3.82. The monoisotopic (exact) mass is 326 g/mol. The second kappa shape index (κ2) is 7.29. The minimum absolute atomic E-state index is 0.0348. The van der Waals surface area contributed by atoms with Crippen molar-refractivity contribution in [2.45, 2.75) is 18.9 Å². The molecule has 0 bridgehead atoms. The van der Waals surface area contributed by atoms with Crippen LogP contribution in [0.3, 0.4) is 0 Å². The molecule has 1 amide bonds. The number of pyridine rings is 2. The minimum atomic E-state index is 0.0348. The molecule has 3 heterocycles. The van der Waals surface area contributed by atoms with E-state index in [1.807, 2.05) is 48.2 Å². The zero-order chi connectivity index (χ0) is 16.9. The molecule has 2 aromatic rings. The third-order valence-corrected chi connectivity index (χ3v) is 4.12. The van der Waals surface area contributed by atoms with Crippen molar-refractivity contribution in [1.29, 1.82) is 0 Å². The molecule has 2 aromatic heterocycles. The summed E-state index contributed by atoms with van der Waals surface area (Å²) in [5, 5.41) is 0. The number of likely N-dealkylation sites (tertiary alicyclic amines) is 1. The van der Waals surface area contributed by atoms with Crippen molar-refractivity contribution in [2.75, 3.05) is 32.1 Å². The maximum atomic E-state index is 12.6. The molecular formula is C18H22N4O2. The molecule has 0 spiro atoms. The Morgan fingerprint density at radius 3 is 2.58 bits per heavy atom. The smallest absolute Gasteiger partial charge is 0.255 e. The summed E-state index contributed by atoms with van der Waals surface area (Å²) in [6.45, 7) is 1.39. The van der Waals surface area contributed by atoms with E-state index in [4.69, 9.17) is 4.74 Å². The zero-order valence-electron chi connectivity index (χ0n) is 14.1. The summed E-state index contributed by atoms with van der Waals surface area (Å²) in [6.07, 6.45) is 6.87. The second-order valence-electron chi connectivity index (χ2n) is 6.10. The van der Waals surface area contributed by atoms with E-state index < -0.39 is 0 Å². The summed E-state index contributed by atoms with van der Waals surface area (Å²) >= 11 is 0. The van der Waals surface area contributed by atoms with Crippen LogP contribution >= 0.6 is 0 Å². The van der Waals surface area contributed by atoms with Crippen molar-refractivity contribution in [3.05, 3.63) is 48.4 Å². The molecule has 0 saturated carbocycles. The van der Waals surface area contributed by atoms with Crippen molar-refractivity contribution in [1.82, 2.24) is 14.9 Å². The number of aromatic nitrogens is 2. The molecule has 0 aromatic carbocycles. The van der Waals surface area contributed by atoms with Gasteiger partial charge < -0.3 is 14.5 Å². The predicted molar refractivity (Wildman–Crippen MR) is 92.4 cm³/mol. The molecule has 1 aliphatic heterocycles. The number of rotatable bonds is 4. The number of ether oxygens (including phenoxy) is 1. The van der Waals surface area contributed by atoms with Gasteiger partial charge in [0, 0.05) is 52.4 Å². The number of amides is 1. The van der Waals surface area contributed by atoms with E-state index in [1.165, 1.54) is 0 Å². The molecule has 0 aliphatic carbocycles. The number of hydrogen-bond donors (Lipinski definition) is 0. The minimum Gasteiger partial charge on any atom is -0.489 e. The number of carbonyl (C=O) groups is 1. The molecule has 1 aliphatic rings. The number of nitrogens with zero attached hydrogens (tertiary/aromatic N) is 4. The van der Waals surface area contributed by atoms with Gasteiger partial charge in [-0.3, -0.25) is 9.78 Å². The highest BCUT2D eigenvalue weighted by Gasteiger charge is 2.25. The van der Waals surface area contributed by atoms with Crippen LogP contribution in [0.25, 0.3) is 0 Å². The van der Waals surface area contributed by atoms with E-state index in [2.05, 4.69) is 9.97 Å². The fraction of sp³-hybridized carbons (Fsp3) is 0.389. The molecule has 6 nitrogen and oxygen atoms in total. The Morgan fingerprint density at radius 1 is 1.21 bits per heavy atom. The van der Waals surface area contributed by atoms with Gasteiger partial charge in [0.05, 0.1) is 11.8 Å². The van der Waals surface area contributed by atoms with E-state index in [-0.39, 0.29) is 12.0 Å². The number of carbonyl (C=O) groups excluding carboxylic acids is 1. The van der Waals surface area contributed by atoms with Gasteiger partial charge in [0.2, 0.25) is 0 Å². The van der Waals surface area contributed by atoms with Gasteiger partial charge in [-0.05, 0) is 24.3 Å². The van der Waals surface area contributed by atoms with E-state index >= 15 is 0 Å². The zero-order valence-corrected chi connectivity index (χ0v) is 14.1. The summed E-state index contributed by atoms with van der Waals surface area (Å²) in [4.78, 5) is 24.7. The second-order valence-corrected chi connectivity index (χ2v) is 6.10. The highest BCUT2D eigenvalue weighted by atomic mass is 16.5. The van der Waals surface area contributed by atoms with Crippen LogP contribution in [0.5, 0.6) is 5.75 Å². The van der Waals surface area contributed by atoms with Crippen molar-refractivity contribution in [3.8, 4) is 5.75 Å². The van der Waals surface area contributed by atoms with Gasteiger partial charge in [-0.25, -0.2) is 4.98 Å². The molecule has 6 heteroatoms. The Bertz CT molecular complexity index is 665. The Hall–Kier alpha value is -2.63. The van der Waals surface area contributed by atoms with Gasteiger partial charge in [-0.15, -0.1) is 0 Å². The van der Waals surface area contributed by atoms with Crippen molar-refractivity contribution < 1.29 is 9.53 Å². The summed E-state index contributed by atoms with van der Waals surface area (Å²) in [5.74, 6) is 1.66. The van der Waals surface area contributed by atoms with Gasteiger partial charge in [-0.2, -0.15) is 0 Å². The number of anilines is 1. The summed E-state index contributed by atoms with van der Waals surface area (Å²) in [5.41, 5.74) is 0.632. The average Bonchev–Trinajstić information content (AvgIpc) is 2.63. The molecule has 3 rings (SSSR count). The third-order valence-electron chi connectivity index (χ3n) is 4.12. The maximum Gasteiger partial charge on any atom is 0.255 e. The molecule has 0 N–H and O–H groups in total. The molecule has 0 atom stereocenters. The van der Waals surface area contributed by atoms with Crippen molar-refractivity contribution >= 4 is 11.7 Å². The van der Waals surface area contributed by atoms with Crippen LogP contribution in [0.2, 0.25) is 0 Å². The van der Waals surface area contributed by atoms with Gasteiger partial charge in [-0.1, -0.05) is 0 Å². The number of hydrogen-bond acceptors (Lipinski definition) is 5. The van der Waals surface area contributed by atoms with E-state index in [1.54, 1.807) is 18.6 Å². The van der Waals surface area contributed by atoms with E-state index in [0.717, 1.165) is 24.4 Å². The first-order valence-electron chi connectivity index (χ1n) is 8.13. The van der Waals surface area contributed by atoms with Gasteiger partial charge in [0.25, 0.3) is 5.91 Å². The van der Waals surface area contributed by atoms with Gasteiger partial charge >= 0.3 is 0 Å². The van der Waals surface area contributed by atoms with Crippen LogP contribution < -0.4 is 9.64 Å². The van der Waals surface area contributed by atoms with Crippen molar-refractivity contribution in [2.24, 2.45) is 0 Å². The largest absolute Gasteiger partial charge is 0.489 e. The normalized spacial score (nSPS) is 15.2. The van der Waals surface area contributed by atoms with Crippen LogP contribution in [0, 0.1) is 0 Å². The fourth-order valence-corrected chi connectivity index (χ4v) is 2.75. The Labute approximate surface area is 142 Å². The van der Waals surface area contributed by atoms with Crippen LogP contribution in [0.15, 0.2) is 42.9 Å². The lowest BCUT2D eigenvalue weighted by atomic mass is 10.1. The lowest BCUT2D eigenvalue weighted by Gasteiger charge is -2.32. The molecule has 24 heavy (non-hydrogen) atoms. The van der Waals surface area contributed by atoms with Crippen LogP contribution in [0.4, 0.5) is 5.82 Å². The van der Waals surface area contributed by atoms with Gasteiger partial charge in [0.1, 0.15) is 17.7 Å². The van der Waals surface area contributed by atoms with Gasteiger partial charge in [0.15, 0.2) is 0 Å². The highest BCUT2D eigenvalue weighted by molar-refractivity contribution is 5.94. The van der Waals surface area contributed by atoms with Crippen LogP contribution in [-0.2, 0) is 0 Å². The Morgan fingerprint density at radius 2 is 2.00 bits per heavy atom. The van der Waals surface area contributed by atoms with E-state index in [0.29, 0.717) is 18.7 Å². The lowest BCUT2D eigenvalue weighted by Crippen LogP contribution is -2.41. The summed E-state index contributed by atoms with van der Waals surface area (Å²) in [6, 6.07) is 7.47. The number of piperidine rings is 1. The molecule has 1 fully saturated rings. The molecule has 1 saturated heterocycles. The summed E-state index contributed by atoms with van der Waals surface area (Å²) in [7, 11) is 3.85. The fourth-order valence-electron chi connectivity index (χ4n) is 2.75. The lowest BCUT2D eigenvalue weighted by molar-refractivity contribution is 0.0594. The molecule has 126 valence electrons. The molecule has 0 unspecified atom stereocenters. The Kier molecular flexibility index (Phi) is 4.93. The SMILES string of the molecule is CN(C)c1ccc(C(=O)N2CCC(Oc3cccnc3)CC2)cn1. The summed E-state index contributed by atoms with van der Waals surface area (Å²) < 4.78 is 5.91. The predicted octanol–water partition coefficient (Wildman–Crippen LogP) is 2.23. The maximum absolute atomic E-state index is 12.6. The molecular weight excluding hydrogens is 304 g/mol. The van der Waals surface area contributed by atoms with Crippen molar-refractivity contribution in [3.63, 3.8) is 0 Å². The van der Waals surface area contributed by atoms with Crippen LogP contribution in [0.1, 0.15) is 23.2 Å². The first-order valence-corrected chi connectivity index (χ1v) is 8.13. The average molecular weight is 326 g/mol. The first kappa shape index (κ1) is 16.2. The van der Waals surface area contributed by atoms with E-state index in [9.17, 15) is 4.79 Å². The first-order chi connectivity index (χ1) is 11.6.